The summed E-state index contributed by atoms with van der Waals surface area (Å²) in [5.41, 5.74) is -0.172. The van der Waals surface area contributed by atoms with Crippen molar-refractivity contribution in [1.29, 1.82) is 0 Å². The SMILES string of the molecule is CC(C)(C)OC(=O)N1C/C(=C\O)C[C@H]1C(=O)O. The Morgan fingerprint density at radius 3 is 2.47 bits per heavy atom. The third-order valence-corrected chi connectivity index (χ3v) is 2.30. The lowest BCUT2D eigenvalue weighted by Crippen LogP contribution is -2.43. The van der Waals surface area contributed by atoms with Gasteiger partial charge in [0.2, 0.25) is 0 Å². The lowest BCUT2D eigenvalue weighted by molar-refractivity contribution is -0.142. The molecule has 1 saturated heterocycles. The number of carbonyl (C=O) groups is 2. The number of aliphatic hydroxyl groups excluding tert-OH is 1. The van der Waals surface area contributed by atoms with E-state index in [0.29, 0.717) is 5.57 Å². The normalized spacial score (nSPS) is 22.9. The van der Waals surface area contributed by atoms with Gasteiger partial charge >= 0.3 is 12.1 Å². The van der Waals surface area contributed by atoms with Crippen molar-refractivity contribution in [2.45, 2.75) is 38.8 Å². The topological polar surface area (TPSA) is 87.1 Å². The molecule has 0 aliphatic carbocycles. The second kappa shape index (κ2) is 4.65. The van der Waals surface area contributed by atoms with Gasteiger partial charge in [-0.05, 0) is 26.3 Å². The van der Waals surface area contributed by atoms with Gasteiger partial charge in [0.25, 0.3) is 0 Å². The molecule has 1 atom stereocenters. The maximum Gasteiger partial charge on any atom is 0.411 e. The first-order chi connectivity index (χ1) is 7.74. The molecule has 0 saturated carbocycles. The first-order valence-electron chi connectivity index (χ1n) is 5.29. The molecule has 96 valence electrons. The zero-order chi connectivity index (χ0) is 13.2. The van der Waals surface area contributed by atoms with Crippen LogP contribution in [0.2, 0.25) is 0 Å². The zero-order valence-electron chi connectivity index (χ0n) is 10.1. The number of rotatable bonds is 1. The summed E-state index contributed by atoms with van der Waals surface area (Å²) in [5.74, 6) is -1.10. The van der Waals surface area contributed by atoms with Gasteiger partial charge in [0.1, 0.15) is 11.6 Å². The summed E-state index contributed by atoms with van der Waals surface area (Å²) >= 11 is 0. The van der Waals surface area contributed by atoms with Crippen molar-refractivity contribution in [3.05, 3.63) is 11.8 Å². The third-order valence-electron chi connectivity index (χ3n) is 2.30. The Labute approximate surface area is 99.5 Å². The largest absolute Gasteiger partial charge is 0.516 e. The number of carboxylic acid groups (broad SMARTS) is 1. The zero-order valence-corrected chi connectivity index (χ0v) is 10.1. The lowest BCUT2D eigenvalue weighted by Gasteiger charge is -2.26. The molecule has 1 rings (SSSR count). The summed E-state index contributed by atoms with van der Waals surface area (Å²) < 4.78 is 5.11. The lowest BCUT2D eigenvalue weighted by atomic mass is 10.2. The maximum absolute atomic E-state index is 11.8. The average molecular weight is 243 g/mol. The van der Waals surface area contributed by atoms with Crippen molar-refractivity contribution < 1.29 is 24.5 Å². The minimum Gasteiger partial charge on any atom is -0.516 e. The average Bonchev–Trinajstić information content (AvgIpc) is 2.58. The van der Waals surface area contributed by atoms with Crippen molar-refractivity contribution >= 4 is 12.1 Å². The Kier molecular flexibility index (Phi) is 3.65. The molecule has 1 aliphatic heterocycles. The smallest absolute Gasteiger partial charge is 0.411 e. The van der Waals surface area contributed by atoms with Crippen LogP contribution in [0.4, 0.5) is 4.79 Å². The van der Waals surface area contributed by atoms with Crippen LogP contribution in [0.1, 0.15) is 27.2 Å². The van der Waals surface area contributed by atoms with E-state index < -0.39 is 23.7 Å². The molecule has 2 N–H and O–H groups in total. The van der Waals surface area contributed by atoms with Crippen molar-refractivity contribution in [3.63, 3.8) is 0 Å². The minimum atomic E-state index is -1.10. The first kappa shape index (κ1) is 13.3. The van der Waals surface area contributed by atoms with Crippen LogP contribution in [0.15, 0.2) is 11.8 Å². The van der Waals surface area contributed by atoms with E-state index in [9.17, 15) is 9.59 Å². The molecule has 1 heterocycles. The minimum absolute atomic E-state index is 0.0857. The molecule has 0 radical (unpaired) electrons. The number of nitrogens with zero attached hydrogens (tertiary/aromatic N) is 1. The molecular formula is C11H17NO5. The number of aliphatic carboxylic acids is 1. The molecule has 0 bridgehead atoms. The van der Waals surface area contributed by atoms with Gasteiger partial charge in [-0.3, -0.25) is 4.90 Å². The van der Waals surface area contributed by atoms with Gasteiger partial charge in [-0.2, -0.15) is 0 Å². The highest BCUT2D eigenvalue weighted by Crippen LogP contribution is 2.24. The predicted molar refractivity (Wildman–Crippen MR) is 59.7 cm³/mol. The van der Waals surface area contributed by atoms with Crippen LogP contribution in [-0.4, -0.2) is 45.4 Å². The molecular weight excluding hydrogens is 226 g/mol. The number of ether oxygens (including phenoxy) is 1. The number of amides is 1. The standard InChI is InChI=1S/C11H17NO5/c1-11(2,3)17-10(16)12-5-7(6-13)4-8(12)9(14)15/h6,8,13H,4-5H2,1-3H3,(H,14,15)/b7-6-/t8-/m0/s1. The van der Waals surface area contributed by atoms with E-state index in [4.69, 9.17) is 14.9 Å². The molecule has 1 aliphatic rings. The number of aliphatic hydroxyl groups is 1. The van der Waals surface area contributed by atoms with E-state index in [0.717, 1.165) is 11.2 Å². The highest BCUT2D eigenvalue weighted by molar-refractivity contribution is 5.82. The van der Waals surface area contributed by atoms with Crippen LogP contribution in [0.25, 0.3) is 0 Å². The van der Waals surface area contributed by atoms with Crippen molar-refractivity contribution in [1.82, 2.24) is 4.90 Å². The summed E-state index contributed by atoms with van der Waals surface area (Å²) in [6.45, 7) is 5.21. The van der Waals surface area contributed by atoms with Gasteiger partial charge in [-0.1, -0.05) is 0 Å². The summed E-state index contributed by atoms with van der Waals surface area (Å²) in [4.78, 5) is 23.9. The van der Waals surface area contributed by atoms with Crippen LogP contribution in [0, 0.1) is 0 Å². The van der Waals surface area contributed by atoms with Gasteiger partial charge in [0.05, 0.1) is 6.26 Å². The van der Waals surface area contributed by atoms with E-state index in [2.05, 4.69) is 0 Å². The van der Waals surface area contributed by atoms with Crippen LogP contribution in [-0.2, 0) is 9.53 Å². The Morgan fingerprint density at radius 1 is 1.47 bits per heavy atom. The van der Waals surface area contributed by atoms with Gasteiger partial charge in [-0.15, -0.1) is 0 Å². The second-order valence-electron chi connectivity index (χ2n) is 4.95. The molecule has 1 amide bonds. The second-order valence-corrected chi connectivity index (χ2v) is 4.95. The van der Waals surface area contributed by atoms with Gasteiger partial charge < -0.3 is 14.9 Å². The molecule has 0 aromatic rings. The molecule has 0 aromatic heterocycles. The van der Waals surface area contributed by atoms with Crippen LogP contribution >= 0.6 is 0 Å². The molecule has 0 aromatic carbocycles. The Morgan fingerprint density at radius 2 is 2.06 bits per heavy atom. The number of carboxylic acids is 1. The quantitative estimate of drug-likeness (QED) is 0.682. The summed E-state index contributed by atoms with van der Waals surface area (Å²) in [6.07, 6.45) is 0.299. The van der Waals surface area contributed by atoms with Crippen molar-refractivity contribution in [2.24, 2.45) is 0 Å². The fraction of sp³-hybridized carbons (Fsp3) is 0.636. The van der Waals surface area contributed by atoms with E-state index in [1.165, 1.54) is 0 Å². The monoisotopic (exact) mass is 243 g/mol. The number of hydrogen-bond acceptors (Lipinski definition) is 4. The molecule has 6 nitrogen and oxygen atoms in total. The van der Waals surface area contributed by atoms with E-state index in [-0.39, 0.29) is 13.0 Å². The Hall–Kier alpha value is -1.72. The fourth-order valence-corrected chi connectivity index (χ4v) is 1.58. The Balaban J connectivity index is 2.81. The molecule has 6 heteroatoms. The first-order valence-corrected chi connectivity index (χ1v) is 5.29. The van der Waals surface area contributed by atoms with E-state index in [1.54, 1.807) is 20.8 Å². The predicted octanol–water partition coefficient (Wildman–Crippen LogP) is 1.52. The third kappa shape index (κ3) is 3.37. The number of carbonyl (C=O) groups excluding carboxylic acids is 1. The van der Waals surface area contributed by atoms with Crippen LogP contribution < -0.4 is 0 Å². The van der Waals surface area contributed by atoms with Crippen molar-refractivity contribution in [3.8, 4) is 0 Å². The number of hydrogen-bond donors (Lipinski definition) is 2. The molecule has 17 heavy (non-hydrogen) atoms. The highest BCUT2D eigenvalue weighted by Gasteiger charge is 2.39. The van der Waals surface area contributed by atoms with Gasteiger partial charge in [-0.25, -0.2) is 9.59 Å². The summed E-state index contributed by atoms with van der Waals surface area (Å²) in [5, 5.41) is 17.8. The van der Waals surface area contributed by atoms with Crippen LogP contribution in [0.5, 0.6) is 0 Å². The number of likely N-dealkylation sites (tertiary alicyclic amines) is 1. The van der Waals surface area contributed by atoms with Gasteiger partial charge in [0.15, 0.2) is 0 Å². The fourth-order valence-electron chi connectivity index (χ4n) is 1.58. The van der Waals surface area contributed by atoms with E-state index in [1.807, 2.05) is 0 Å². The van der Waals surface area contributed by atoms with Gasteiger partial charge in [0, 0.05) is 13.0 Å². The van der Waals surface area contributed by atoms with Crippen LogP contribution in [0.3, 0.4) is 0 Å². The van der Waals surface area contributed by atoms with Crippen molar-refractivity contribution in [2.75, 3.05) is 6.54 Å². The maximum atomic E-state index is 11.8. The Bertz CT molecular complexity index is 355. The molecule has 0 unspecified atom stereocenters. The molecule has 0 spiro atoms. The molecule has 1 fully saturated rings. The van der Waals surface area contributed by atoms with E-state index >= 15 is 0 Å². The summed E-state index contributed by atoms with van der Waals surface area (Å²) in [6, 6.07) is -0.969. The highest BCUT2D eigenvalue weighted by atomic mass is 16.6. The summed E-state index contributed by atoms with van der Waals surface area (Å²) in [7, 11) is 0.